The van der Waals surface area contributed by atoms with Crippen molar-refractivity contribution >= 4 is 23.3 Å². The molecule has 1 saturated heterocycles. The number of ether oxygens (including phenoxy) is 1. The molecule has 108 valence electrons. The van der Waals surface area contributed by atoms with Gasteiger partial charge in [-0.3, -0.25) is 4.79 Å². The van der Waals surface area contributed by atoms with Gasteiger partial charge in [0.1, 0.15) is 6.04 Å². The number of hydrogen-bond acceptors (Lipinski definition) is 5. The molecule has 1 aliphatic heterocycles. The van der Waals surface area contributed by atoms with Crippen molar-refractivity contribution < 1.29 is 14.3 Å². The van der Waals surface area contributed by atoms with E-state index in [1.807, 2.05) is 0 Å². The molecule has 1 amide bonds. The van der Waals surface area contributed by atoms with Gasteiger partial charge in [-0.15, -0.1) is 0 Å². The summed E-state index contributed by atoms with van der Waals surface area (Å²) >= 11 is 0. The molecule has 4 N–H and O–H groups in total. The average Bonchev–Trinajstić information content (AvgIpc) is 2.43. The lowest BCUT2D eigenvalue weighted by atomic mass is 10.1. The predicted octanol–water partition coefficient (Wildman–Crippen LogP) is 1.14. The third kappa shape index (κ3) is 3.20. The van der Waals surface area contributed by atoms with Crippen LogP contribution in [-0.2, 0) is 9.53 Å². The van der Waals surface area contributed by atoms with Crippen LogP contribution >= 0.6 is 0 Å². The van der Waals surface area contributed by atoms with Crippen LogP contribution in [0.2, 0.25) is 0 Å². The molecule has 0 bridgehead atoms. The lowest BCUT2D eigenvalue weighted by Crippen LogP contribution is -2.44. The number of hydrogen-bond donors (Lipinski definition) is 3. The van der Waals surface area contributed by atoms with Crippen LogP contribution in [0, 0.1) is 0 Å². The van der Waals surface area contributed by atoms with Crippen molar-refractivity contribution in [2.45, 2.75) is 25.8 Å². The van der Waals surface area contributed by atoms with Crippen molar-refractivity contribution in [3.05, 3.63) is 23.8 Å². The fourth-order valence-electron chi connectivity index (χ4n) is 2.14. The Labute approximate surface area is 117 Å². The van der Waals surface area contributed by atoms with Gasteiger partial charge in [-0.05, 0) is 38.0 Å². The molecule has 0 radical (unpaired) electrons. The van der Waals surface area contributed by atoms with Crippen LogP contribution in [0.25, 0.3) is 0 Å². The summed E-state index contributed by atoms with van der Waals surface area (Å²) in [5, 5.41) is 5.92. The molecule has 6 heteroatoms. The Morgan fingerprint density at radius 3 is 3.05 bits per heavy atom. The number of carbonyl (C=O) groups is 2. The minimum absolute atomic E-state index is 0.0224. The highest BCUT2D eigenvalue weighted by atomic mass is 16.5. The highest BCUT2D eigenvalue weighted by Crippen LogP contribution is 2.21. The number of anilines is 2. The second kappa shape index (κ2) is 6.27. The van der Waals surface area contributed by atoms with Gasteiger partial charge in [0.15, 0.2) is 0 Å². The topological polar surface area (TPSA) is 93.5 Å². The van der Waals surface area contributed by atoms with E-state index < -0.39 is 5.97 Å². The number of benzene rings is 1. The second-order valence-electron chi connectivity index (χ2n) is 4.65. The molecule has 0 aromatic heterocycles. The van der Waals surface area contributed by atoms with Crippen LogP contribution in [0.5, 0.6) is 0 Å². The SMILES string of the molecule is CCOC(=O)c1cc(NC2CCCNC2=O)ccc1N. The molecule has 1 aromatic carbocycles. The molecule has 0 saturated carbocycles. The monoisotopic (exact) mass is 277 g/mol. The molecule has 0 aliphatic carbocycles. The maximum Gasteiger partial charge on any atom is 0.340 e. The summed E-state index contributed by atoms with van der Waals surface area (Å²) in [5.41, 5.74) is 7.13. The van der Waals surface area contributed by atoms with E-state index in [0.29, 0.717) is 30.1 Å². The molecule has 2 rings (SSSR count). The first-order valence-corrected chi connectivity index (χ1v) is 6.72. The van der Waals surface area contributed by atoms with Crippen LogP contribution < -0.4 is 16.4 Å². The van der Waals surface area contributed by atoms with Crippen molar-refractivity contribution in [1.29, 1.82) is 0 Å². The van der Waals surface area contributed by atoms with Crippen LogP contribution in [0.4, 0.5) is 11.4 Å². The third-order valence-corrected chi connectivity index (χ3v) is 3.17. The zero-order chi connectivity index (χ0) is 14.5. The van der Waals surface area contributed by atoms with E-state index in [-0.39, 0.29) is 11.9 Å². The molecule has 1 aliphatic rings. The smallest absolute Gasteiger partial charge is 0.340 e. The van der Waals surface area contributed by atoms with Gasteiger partial charge in [-0.2, -0.15) is 0 Å². The molecule has 1 heterocycles. The predicted molar refractivity (Wildman–Crippen MR) is 76.5 cm³/mol. The maximum atomic E-state index is 11.8. The van der Waals surface area contributed by atoms with Gasteiger partial charge in [-0.1, -0.05) is 0 Å². The number of rotatable bonds is 4. The van der Waals surface area contributed by atoms with E-state index in [2.05, 4.69) is 10.6 Å². The summed E-state index contributed by atoms with van der Waals surface area (Å²) in [4.78, 5) is 23.5. The Hall–Kier alpha value is -2.24. The van der Waals surface area contributed by atoms with Crippen LogP contribution in [0.3, 0.4) is 0 Å². The number of nitrogens with two attached hydrogens (primary N) is 1. The number of piperidine rings is 1. The Balaban J connectivity index is 2.14. The van der Waals surface area contributed by atoms with E-state index in [9.17, 15) is 9.59 Å². The fraction of sp³-hybridized carbons (Fsp3) is 0.429. The summed E-state index contributed by atoms with van der Waals surface area (Å²) < 4.78 is 4.95. The number of carbonyl (C=O) groups excluding carboxylic acids is 2. The quantitative estimate of drug-likeness (QED) is 0.567. The third-order valence-electron chi connectivity index (χ3n) is 3.17. The van der Waals surface area contributed by atoms with Gasteiger partial charge >= 0.3 is 5.97 Å². The Kier molecular flexibility index (Phi) is 4.45. The molecule has 1 aromatic rings. The van der Waals surface area contributed by atoms with Crippen LogP contribution in [0.15, 0.2) is 18.2 Å². The standard InChI is InChI=1S/C14H19N3O3/c1-2-20-14(19)10-8-9(5-6-11(10)15)17-12-4-3-7-16-13(12)18/h5-6,8,12,17H,2-4,7,15H2,1H3,(H,16,18). The summed E-state index contributed by atoms with van der Waals surface area (Å²) in [6, 6.07) is 4.73. The maximum absolute atomic E-state index is 11.8. The number of nitrogens with one attached hydrogen (secondary N) is 2. The summed E-state index contributed by atoms with van der Waals surface area (Å²) in [5.74, 6) is -0.479. The number of esters is 1. The molecule has 20 heavy (non-hydrogen) atoms. The van der Waals surface area contributed by atoms with Crippen molar-refractivity contribution in [1.82, 2.24) is 5.32 Å². The van der Waals surface area contributed by atoms with Crippen LogP contribution in [-0.4, -0.2) is 31.1 Å². The van der Waals surface area contributed by atoms with Gasteiger partial charge in [0.25, 0.3) is 0 Å². The van der Waals surface area contributed by atoms with Crippen LogP contribution in [0.1, 0.15) is 30.1 Å². The second-order valence-corrected chi connectivity index (χ2v) is 4.65. The van der Waals surface area contributed by atoms with E-state index in [1.165, 1.54) is 0 Å². The van der Waals surface area contributed by atoms with Crippen molar-refractivity contribution in [2.24, 2.45) is 0 Å². The molecule has 1 unspecified atom stereocenters. The average molecular weight is 277 g/mol. The highest BCUT2D eigenvalue weighted by Gasteiger charge is 2.22. The molecular weight excluding hydrogens is 258 g/mol. The van der Waals surface area contributed by atoms with E-state index >= 15 is 0 Å². The first kappa shape index (κ1) is 14.2. The lowest BCUT2D eigenvalue weighted by molar-refractivity contribution is -0.123. The highest BCUT2D eigenvalue weighted by molar-refractivity contribution is 5.96. The van der Waals surface area contributed by atoms with Crippen molar-refractivity contribution in [3.63, 3.8) is 0 Å². The summed E-state index contributed by atoms with van der Waals surface area (Å²) in [7, 11) is 0. The number of nitrogen functional groups attached to an aromatic ring is 1. The van der Waals surface area contributed by atoms with Crippen molar-refractivity contribution in [3.8, 4) is 0 Å². The first-order chi connectivity index (χ1) is 9.61. The molecule has 0 spiro atoms. The Bertz CT molecular complexity index is 516. The zero-order valence-corrected chi connectivity index (χ0v) is 11.4. The Morgan fingerprint density at radius 2 is 2.35 bits per heavy atom. The Morgan fingerprint density at radius 1 is 1.55 bits per heavy atom. The first-order valence-electron chi connectivity index (χ1n) is 6.72. The van der Waals surface area contributed by atoms with E-state index in [0.717, 1.165) is 12.8 Å². The van der Waals surface area contributed by atoms with Gasteiger partial charge in [-0.25, -0.2) is 4.79 Å². The zero-order valence-electron chi connectivity index (χ0n) is 11.4. The molecule has 6 nitrogen and oxygen atoms in total. The normalized spacial score (nSPS) is 18.2. The van der Waals surface area contributed by atoms with Gasteiger partial charge < -0.3 is 21.1 Å². The van der Waals surface area contributed by atoms with E-state index in [1.54, 1.807) is 25.1 Å². The molecular formula is C14H19N3O3. The summed E-state index contributed by atoms with van der Waals surface area (Å²) in [6.07, 6.45) is 1.70. The molecule has 1 fully saturated rings. The van der Waals surface area contributed by atoms with Crippen molar-refractivity contribution in [2.75, 3.05) is 24.2 Å². The van der Waals surface area contributed by atoms with E-state index in [4.69, 9.17) is 10.5 Å². The largest absolute Gasteiger partial charge is 0.462 e. The minimum Gasteiger partial charge on any atom is -0.462 e. The molecule has 1 atom stereocenters. The van der Waals surface area contributed by atoms with Gasteiger partial charge in [0.2, 0.25) is 5.91 Å². The van der Waals surface area contributed by atoms with Gasteiger partial charge in [0, 0.05) is 17.9 Å². The minimum atomic E-state index is -0.457. The number of amides is 1. The fourth-order valence-corrected chi connectivity index (χ4v) is 2.14. The van der Waals surface area contributed by atoms with Gasteiger partial charge in [0.05, 0.1) is 12.2 Å². The lowest BCUT2D eigenvalue weighted by Gasteiger charge is -2.24. The summed E-state index contributed by atoms with van der Waals surface area (Å²) in [6.45, 7) is 2.75.